The van der Waals surface area contributed by atoms with Crippen molar-refractivity contribution in [2.24, 2.45) is 0 Å². The molecule has 148 valence electrons. The number of sulfonamides is 1. The van der Waals surface area contributed by atoms with Gasteiger partial charge in [0, 0.05) is 24.7 Å². The summed E-state index contributed by atoms with van der Waals surface area (Å²) in [5.74, 6) is -0.230. The van der Waals surface area contributed by atoms with Gasteiger partial charge < -0.3 is 10.6 Å². The van der Waals surface area contributed by atoms with Crippen LogP contribution >= 0.6 is 12.4 Å². The minimum Gasteiger partial charge on any atom is -0.350 e. The highest BCUT2D eigenvalue weighted by Crippen LogP contribution is 2.23. The van der Waals surface area contributed by atoms with Crippen LogP contribution in [0.15, 0.2) is 59.5 Å². The third-order valence-electron chi connectivity index (χ3n) is 4.10. The average molecular weight is 412 g/mol. The first-order valence-electron chi connectivity index (χ1n) is 8.53. The second-order valence-corrected chi connectivity index (χ2v) is 7.79. The van der Waals surface area contributed by atoms with Crippen molar-refractivity contribution >= 4 is 34.0 Å². The molecular formula is C19H26ClN3O3S. The van der Waals surface area contributed by atoms with Crippen molar-refractivity contribution < 1.29 is 13.2 Å². The Morgan fingerprint density at radius 3 is 2.19 bits per heavy atom. The lowest BCUT2D eigenvalue weighted by Gasteiger charge is -2.23. The molecule has 2 N–H and O–H groups in total. The number of carbonyl (C=O) groups is 1. The molecule has 2 aromatic carbocycles. The molecule has 0 saturated carbocycles. The predicted molar refractivity (Wildman–Crippen MR) is 111 cm³/mol. The highest BCUT2D eigenvalue weighted by atomic mass is 35.5. The smallest absolute Gasteiger partial charge is 0.264 e. The normalized spacial score (nSPS) is 12.0. The maximum atomic E-state index is 12.9. The molecule has 1 atom stereocenters. The first-order chi connectivity index (χ1) is 12.4. The van der Waals surface area contributed by atoms with Gasteiger partial charge in [-0.3, -0.25) is 9.10 Å². The van der Waals surface area contributed by atoms with Gasteiger partial charge in [0.05, 0.1) is 10.6 Å². The molecule has 0 aliphatic heterocycles. The maximum absolute atomic E-state index is 12.9. The van der Waals surface area contributed by atoms with E-state index >= 15 is 0 Å². The van der Waals surface area contributed by atoms with Gasteiger partial charge in [-0.25, -0.2) is 8.42 Å². The van der Waals surface area contributed by atoms with Crippen molar-refractivity contribution in [3.05, 3.63) is 60.2 Å². The van der Waals surface area contributed by atoms with Gasteiger partial charge in [0.2, 0.25) is 0 Å². The van der Waals surface area contributed by atoms with Gasteiger partial charge in [-0.15, -0.1) is 12.4 Å². The van der Waals surface area contributed by atoms with Crippen LogP contribution in [0.1, 0.15) is 24.2 Å². The topological polar surface area (TPSA) is 78.5 Å². The van der Waals surface area contributed by atoms with E-state index in [0.29, 0.717) is 24.3 Å². The van der Waals surface area contributed by atoms with Crippen LogP contribution < -0.4 is 14.9 Å². The third-order valence-corrected chi connectivity index (χ3v) is 6.01. The van der Waals surface area contributed by atoms with Crippen molar-refractivity contribution in [3.63, 3.8) is 0 Å². The quantitative estimate of drug-likeness (QED) is 0.700. The van der Waals surface area contributed by atoms with Gasteiger partial charge in [-0.05, 0) is 57.3 Å². The van der Waals surface area contributed by atoms with Gasteiger partial charge in [-0.1, -0.05) is 18.2 Å². The van der Waals surface area contributed by atoms with E-state index in [4.69, 9.17) is 0 Å². The first kappa shape index (κ1) is 23.0. The monoisotopic (exact) mass is 411 g/mol. The Morgan fingerprint density at radius 2 is 1.67 bits per heavy atom. The van der Waals surface area contributed by atoms with Gasteiger partial charge >= 0.3 is 0 Å². The first-order valence-corrected chi connectivity index (χ1v) is 9.97. The van der Waals surface area contributed by atoms with Crippen LogP contribution in [0.3, 0.4) is 0 Å². The zero-order chi connectivity index (χ0) is 19.2. The standard InChI is InChI=1S/C19H25N3O3S.ClH/c1-4-22(17-8-6-5-7-9-17)26(24,25)18-12-10-16(11-13-18)19(23)21-14-15(2)20-3;/h5-13,15,20H,4,14H2,1-3H3,(H,21,23);1H. The highest BCUT2D eigenvalue weighted by Gasteiger charge is 2.23. The molecule has 0 heterocycles. The van der Waals surface area contributed by atoms with E-state index in [1.165, 1.54) is 28.6 Å². The molecule has 0 fully saturated rings. The number of benzene rings is 2. The van der Waals surface area contributed by atoms with E-state index in [2.05, 4.69) is 10.6 Å². The lowest BCUT2D eigenvalue weighted by atomic mass is 10.2. The van der Waals surface area contributed by atoms with Gasteiger partial charge in [0.1, 0.15) is 0 Å². The van der Waals surface area contributed by atoms with Crippen LogP contribution in [-0.4, -0.2) is 40.5 Å². The fraction of sp³-hybridized carbons (Fsp3) is 0.316. The molecular weight excluding hydrogens is 386 g/mol. The summed E-state index contributed by atoms with van der Waals surface area (Å²) in [4.78, 5) is 12.3. The Kier molecular flexibility index (Phi) is 8.75. The molecule has 27 heavy (non-hydrogen) atoms. The fourth-order valence-electron chi connectivity index (χ4n) is 2.44. The van der Waals surface area contributed by atoms with Crippen molar-refractivity contribution in [2.45, 2.75) is 24.8 Å². The SMILES string of the molecule is CCN(c1ccccc1)S(=O)(=O)c1ccc(C(=O)NCC(C)NC)cc1.Cl. The molecule has 2 aromatic rings. The Hall–Kier alpha value is -2.09. The summed E-state index contributed by atoms with van der Waals surface area (Å²) >= 11 is 0. The lowest BCUT2D eigenvalue weighted by molar-refractivity contribution is 0.0950. The molecule has 2 rings (SSSR count). The molecule has 1 unspecified atom stereocenters. The fourth-order valence-corrected chi connectivity index (χ4v) is 3.91. The zero-order valence-electron chi connectivity index (χ0n) is 15.7. The van der Waals surface area contributed by atoms with Crippen molar-refractivity contribution in [3.8, 4) is 0 Å². The van der Waals surface area contributed by atoms with Crippen LogP contribution in [0, 0.1) is 0 Å². The van der Waals surface area contributed by atoms with Crippen molar-refractivity contribution in [1.82, 2.24) is 10.6 Å². The summed E-state index contributed by atoms with van der Waals surface area (Å²) in [7, 11) is -1.86. The van der Waals surface area contributed by atoms with E-state index in [9.17, 15) is 13.2 Å². The van der Waals surface area contributed by atoms with E-state index in [1.807, 2.05) is 20.0 Å². The number of carbonyl (C=O) groups excluding carboxylic acids is 1. The van der Waals surface area contributed by atoms with Crippen molar-refractivity contribution in [1.29, 1.82) is 0 Å². The number of anilines is 1. The maximum Gasteiger partial charge on any atom is 0.264 e. The average Bonchev–Trinajstić information content (AvgIpc) is 2.67. The molecule has 0 aliphatic rings. The molecule has 0 bridgehead atoms. The summed E-state index contributed by atoms with van der Waals surface area (Å²) in [6, 6.07) is 15.1. The second-order valence-electron chi connectivity index (χ2n) is 5.93. The number of nitrogens with one attached hydrogen (secondary N) is 2. The number of nitrogens with zero attached hydrogens (tertiary/aromatic N) is 1. The molecule has 1 amide bonds. The molecule has 0 radical (unpaired) electrons. The number of hydrogen-bond acceptors (Lipinski definition) is 4. The molecule has 8 heteroatoms. The van der Waals surface area contributed by atoms with Gasteiger partial charge in [-0.2, -0.15) is 0 Å². The summed E-state index contributed by atoms with van der Waals surface area (Å²) < 4.78 is 27.2. The number of rotatable bonds is 8. The number of para-hydroxylation sites is 1. The molecule has 0 aromatic heterocycles. The molecule has 6 nitrogen and oxygen atoms in total. The summed E-state index contributed by atoms with van der Waals surface area (Å²) in [5.41, 5.74) is 1.04. The van der Waals surface area contributed by atoms with E-state index in [0.717, 1.165) is 0 Å². The van der Waals surface area contributed by atoms with Crippen molar-refractivity contribution in [2.75, 3.05) is 24.4 Å². The highest BCUT2D eigenvalue weighted by molar-refractivity contribution is 7.92. The Morgan fingerprint density at radius 1 is 1.07 bits per heavy atom. The number of likely N-dealkylation sites (N-methyl/N-ethyl adjacent to an activating group) is 1. The van der Waals surface area contributed by atoms with Crippen LogP contribution in [-0.2, 0) is 10.0 Å². The van der Waals surface area contributed by atoms with Crippen LogP contribution in [0.25, 0.3) is 0 Å². The summed E-state index contributed by atoms with van der Waals surface area (Å²) in [6.07, 6.45) is 0. The predicted octanol–water partition coefficient (Wildman–Crippen LogP) is 2.66. The Bertz CT molecular complexity index is 827. The summed E-state index contributed by atoms with van der Waals surface area (Å²) in [6.45, 7) is 4.55. The lowest BCUT2D eigenvalue weighted by Crippen LogP contribution is -2.37. The second kappa shape index (κ2) is 10.3. The van der Waals surface area contributed by atoms with Gasteiger partial charge in [0.25, 0.3) is 15.9 Å². The number of hydrogen-bond donors (Lipinski definition) is 2. The molecule has 0 aliphatic carbocycles. The van der Waals surface area contributed by atoms with E-state index in [1.54, 1.807) is 31.2 Å². The minimum atomic E-state index is -3.68. The Balaban J connectivity index is 0.00000364. The zero-order valence-corrected chi connectivity index (χ0v) is 17.3. The van der Waals surface area contributed by atoms with E-state index in [-0.39, 0.29) is 29.3 Å². The molecule has 0 spiro atoms. The molecule has 0 saturated heterocycles. The number of amides is 1. The largest absolute Gasteiger partial charge is 0.350 e. The minimum absolute atomic E-state index is 0. The summed E-state index contributed by atoms with van der Waals surface area (Å²) in [5, 5.41) is 5.84. The van der Waals surface area contributed by atoms with E-state index < -0.39 is 10.0 Å². The Labute approximate surface area is 167 Å². The van der Waals surface area contributed by atoms with Crippen LogP contribution in [0.2, 0.25) is 0 Å². The van der Waals surface area contributed by atoms with Gasteiger partial charge in [0.15, 0.2) is 0 Å². The third kappa shape index (κ3) is 5.69. The van der Waals surface area contributed by atoms with Crippen LogP contribution in [0.5, 0.6) is 0 Å². The number of halogens is 1. The van der Waals surface area contributed by atoms with Crippen LogP contribution in [0.4, 0.5) is 5.69 Å².